The van der Waals surface area contributed by atoms with Gasteiger partial charge in [0.1, 0.15) is 6.10 Å². The first-order valence-corrected chi connectivity index (χ1v) is 9.83. The fourth-order valence-corrected chi connectivity index (χ4v) is 3.70. The van der Waals surface area contributed by atoms with Gasteiger partial charge in [0.15, 0.2) is 0 Å². The molecular formula is C25H20ClNO2. The second-order valence-corrected chi connectivity index (χ2v) is 7.37. The Morgan fingerprint density at radius 1 is 0.966 bits per heavy atom. The van der Waals surface area contributed by atoms with Gasteiger partial charge >= 0.3 is 5.97 Å². The predicted molar refractivity (Wildman–Crippen MR) is 117 cm³/mol. The number of nitrogens with zero attached hydrogens (tertiary/aromatic N) is 1. The van der Waals surface area contributed by atoms with Crippen molar-refractivity contribution in [2.45, 2.75) is 20.0 Å². The Labute approximate surface area is 174 Å². The average molecular weight is 402 g/mol. The molecule has 144 valence electrons. The minimum Gasteiger partial charge on any atom is -0.454 e. The van der Waals surface area contributed by atoms with E-state index in [1.807, 2.05) is 86.6 Å². The van der Waals surface area contributed by atoms with E-state index in [9.17, 15) is 4.79 Å². The number of aryl methyl sites for hydroxylation is 1. The molecule has 29 heavy (non-hydrogen) atoms. The summed E-state index contributed by atoms with van der Waals surface area (Å²) in [5.74, 6) is -0.396. The molecule has 0 spiro atoms. The standard InChI is InChI=1S/C25H20ClNO2/c1-16-23(25(28)29-17(2)18-9-5-3-6-10-18)24(19-11-7-4-8-12-19)21-15-20(26)13-14-22(21)27-16/h3-15,17H,1-2H3/t17-/m0/s1. The van der Waals surface area contributed by atoms with E-state index >= 15 is 0 Å². The van der Waals surface area contributed by atoms with E-state index < -0.39 is 5.97 Å². The van der Waals surface area contributed by atoms with Crippen molar-refractivity contribution in [3.8, 4) is 11.1 Å². The van der Waals surface area contributed by atoms with E-state index in [0.29, 0.717) is 16.3 Å². The van der Waals surface area contributed by atoms with Crippen molar-refractivity contribution in [1.29, 1.82) is 0 Å². The maximum absolute atomic E-state index is 13.3. The van der Waals surface area contributed by atoms with Gasteiger partial charge in [-0.15, -0.1) is 0 Å². The lowest BCUT2D eigenvalue weighted by Gasteiger charge is -2.18. The molecule has 0 unspecified atom stereocenters. The van der Waals surface area contributed by atoms with Gasteiger partial charge < -0.3 is 4.74 Å². The Morgan fingerprint density at radius 3 is 2.31 bits per heavy atom. The summed E-state index contributed by atoms with van der Waals surface area (Å²) >= 11 is 6.27. The lowest BCUT2D eigenvalue weighted by Crippen LogP contribution is -2.13. The number of rotatable bonds is 4. The monoisotopic (exact) mass is 401 g/mol. The molecule has 0 radical (unpaired) electrons. The number of esters is 1. The highest BCUT2D eigenvalue weighted by Gasteiger charge is 2.23. The molecule has 0 N–H and O–H groups in total. The van der Waals surface area contributed by atoms with Crippen molar-refractivity contribution in [2.75, 3.05) is 0 Å². The number of halogens is 1. The summed E-state index contributed by atoms with van der Waals surface area (Å²) in [6.07, 6.45) is -0.373. The van der Waals surface area contributed by atoms with Crippen LogP contribution in [0.5, 0.6) is 0 Å². The normalized spacial score (nSPS) is 12.0. The summed E-state index contributed by atoms with van der Waals surface area (Å²) in [5.41, 5.74) is 4.54. The average Bonchev–Trinajstić information content (AvgIpc) is 2.74. The molecule has 4 rings (SSSR count). The number of fused-ring (bicyclic) bond motifs is 1. The Kier molecular flexibility index (Phi) is 5.32. The summed E-state index contributed by atoms with van der Waals surface area (Å²) in [6.45, 7) is 3.71. The second-order valence-electron chi connectivity index (χ2n) is 6.93. The number of hydrogen-bond acceptors (Lipinski definition) is 3. The Balaban J connectivity index is 1.87. The predicted octanol–water partition coefficient (Wildman–Crippen LogP) is 6.78. The van der Waals surface area contributed by atoms with Crippen LogP contribution in [0.4, 0.5) is 0 Å². The van der Waals surface area contributed by atoms with Crippen molar-refractivity contribution in [1.82, 2.24) is 4.98 Å². The summed E-state index contributed by atoms with van der Waals surface area (Å²) in [7, 11) is 0. The highest BCUT2D eigenvalue weighted by Crippen LogP contribution is 2.35. The Bertz CT molecular complexity index is 1170. The number of hydrogen-bond donors (Lipinski definition) is 0. The third-order valence-electron chi connectivity index (χ3n) is 4.95. The maximum Gasteiger partial charge on any atom is 0.341 e. The molecule has 0 saturated heterocycles. The maximum atomic E-state index is 13.3. The number of carbonyl (C=O) groups excluding carboxylic acids is 1. The first-order valence-electron chi connectivity index (χ1n) is 9.46. The van der Waals surface area contributed by atoms with Gasteiger partial charge in [-0.1, -0.05) is 72.3 Å². The van der Waals surface area contributed by atoms with E-state index in [2.05, 4.69) is 4.98 Å². The molecule has 0 amide bonds. The van der Waals surface area contributed by atoms with Gasteiger partial charge in [0, 0.05) is 16.0 Å². The molecule has 0 aliphatic rings. The molecule has 0 saturated carbocycles. The van der Waals surface area contributed by atoms with Crippen LogP contribution in [0.1, 0.15) is 34.6 Å². The van der Waals surface area contributed by atoms with Crippen molar-refractivity contribution >= 4 is 28.5 Å². The fourth-order valence-electron chi connectivity index (χ4n) is 3.52. The summed E-state index contributed by atoms with van der Waals surface area (Å²) in [6, 6.07) is 25.0. The van der Waals surface area contributed by atoms with Crippen LogP contribution in [0.3, 0.4) is 0 Å². The van der Waals surface area contributed by atoms with Gasteiger partial charge in [-0.3, -0.25) is 4.98 Å². The van der Waals surface area contributed by atoms with Crippen molar-refractivity contribution in [3.63, 3.8) is 0 Å². The van der Waals surface area contributed by atoms with Gasteiger partial charge in [0.2, 0.25) is 0 Å². The topological polar surface area (TPSA) is 39.2 Å². The largest absolute Gasteiger partial charge is 0.454 e. The lowest BCUT2D eigenvalue weighted by molar-refractivity contribution is 0.0337. The van der Waals surface area contributed by atoms with E-state index in [4.69, 9.17) is 16.3 Å². The highest BCUT2D eigenvalue weighted by molar-refractivity contribution is 6.31. The van der Waals surface area contributed by atoms with Crippen LogP contribution in [-0.2, 0) is 4.74 Å². The zero-order valence-corrected chi connectivity index (χ0v) is 17.0. The number of ether oxygens (including phenoxy) is 1. The van der Waals surface area contributed by atoms with E-state index in [0.717, 1.165) is 27.6 Å². The van der Waals surface area contributed by atoms with Gasteiger partial charge in [-0.2, -0.15) is 0 Å². The van der Waals surface area contributed by atoms with Crippen LogP contribution in [0, 0.1) is 6.92 Å². The molecule has 3 nitrogen and oxygen atoms in total. The first kappa shape index (κ1) is 19.2. The highest BCUT2D eigenvalue weighted by atomic mass is 35.5. The SMILES string of the molecule is Cc1nc2ccc(Cl)cc2c(-c2ccccc2)c1C(=O)O[C@@H](C)c1ccccc1. The molecule has 0 fully saturated rings. The molecule has 4 aromatic rings. The molecular weight excluding hydrogens is 382 g/mol. The van der Waals surface area contributed by atoms with Gasteiger partial charge in [0.05, 0.1) is 16.8 Å². The Morgan fingerprint density at radius 2 is 1.62 bits per heavy atom. The van der Waals surface area contributed by atoms with E-state index in [1.54, 1.807) is 6.07 Å². The minimum atomic E-state index is -0.396. The van der Waals surface area contributed by atoms with Crippen molar-refractivity contribution in [3.05, 3.63) is 101 Å². The number of pyridine rings is 1. The second kappa shape index (κ2) is 8.06. The number of aromatic nitrogens is 1. The van der Waals surface area contributed by atoms with Crippen molar-refractivity contribution in [2.24, 2.45) is 0 Å². The third kappa shape index (κ3) is 3.87. The molecule has 4 heteroatoms. The first-order chi connectivity index (χ1) is 14.0. The quantitative estimate of drug-likeness (QED) is 0.354. The van der Waals surface area contributed by atoms with Crippen LogP contribution in [0.2, 0.25) is 5.02 Å². The van der Waals surface area contributed by atoms with Crippen LogP contribution in [-0.4, -0.2) is 11.0 Å². The molecule has 1 heterocycles. The van der Waals surface area contributed by atoms with Crippen molar-refractivity contribution < 1.29 is 9.53 Å². The fraction of sp³-hybridized carbons (Fsp3) is 0.120. The Hall–Kier alpha value is -3.17. The molecule has 0 bridgehead atoms. The summed E-state index contributed by atoms with van der Waals surface area (Å²) < 4.78 is 5.83. The zero-order chi connectivity index (χ0) is 20.4. The molecule has 3 aromatic carbocycles. The van der Waals surface area contributed by atoms with E-state index in [-0.39, 0.29) is 6.10 Å². The van der Waals surface area contributed by atoms with Crippen LogP contribution in [0.25, 0.3) is 22.0 Å². The zero-order valence-electron chi connectivity index (χ0n) is 16.2. The van der Waals surface area contributed by atoms with Gasteiger partial charge in [0.25, 0.3) is 0 Å². The molecule has 0 aliphatic heterocycles. The van der Waals surface area contributed by atoms with Gasteiger partial charge in [-0.25, -0.2) is 4.79 Å². The number of carbonyl (C=O) groups is 1. The third-order valence-corrected chi connectivity index (χ3v) is 5.18. The van der Waals surface area contributed by atoms with Crippen LogP contribution >= 0.6 is 11.6 Å². The lowest BCUT2D eigenvalue weighted by atomic mass is 9.94. The van der Waals surface area contributed by atoms with Crippen LogP contribution in [0.15, 0.2) is 78.9 Å². The molecule has 1 aromatic heterocycles. The summed E-state index contributed by atoms with van der Waals surface area (Å²) in [5, 5.41) is 1.42. The smallest absolute Gasteiger partial charge is 0.341 e. The molecule has 0 aliphatic carbocycles. The summed E-state index contributed by atoms with van der Waals surface area (Å²) in [4.78, 5) is 17.9. The number of benzene rings is 3. The minimum absolute atomic E-state index is 0.373. The molecule has 1 atom stereocenters. The van der Waals surface area contributed by atoms with Gasteiger partial charge in [-0.05, 0) is 43.2 Å². The van der Waals surface area contributed by atoms with Crippen LogP contribution < -0.4 is 0 Å². The van der Waals surface area contributed by atoms with E-state index in [1.165, 1.54) is 0 Å².